The van der Waals surface area contributed by atoms with Crippen LogP contribution >= 0.6 is 11.8 Å². The Morgan fingerprint density at radius 2 is 2.09 bits per heavy atom. The molecule has 0 aliphatic carbocycles. The number of carbonyl (C=O) groups excluding carboxylic acids is 2. The predicted octanol–water partition coefficient (Wildman–Crippen LogP) is 3.21. The summed E-state index contributed by atoms with van der Waals surface area (Å²) in [5.41, 5.74) is 0.970. The topological polar surface area (TPSA) is 49.4 Å². The maximum Gasteiger partial charge on any atom is 0.227 e. The second-order valence-electron chi connectivity index (χ2n) is 5.78. The molecule has 0 bridgehead atoms. The quantitative estimate of drug-likeness (QED) is 0.906. The minimum absolute atomic E-state index is 0.0268. The lowest BCUT2D eigenvalue weighted by atomic mass is 10.2. The molecule has 1 heterocycles. The highest BCUT2D eigenvalue weighted by Crippen LogP contribution is 2.38. The lowest BCUT2D eigenvalue weighted by Gasteiger charge is -2.32. The number of fused-ring (bicyclic) bond motifs is 1. The van der Waals surface area contributed by atoms with Crippen LogP contribution in [0.1, 0.15) is 40.0 Å². The third-order valence-corrected chi connectivity index (χ3v) is 4.96. The van der Waals surface area contributed by atoms with Crippen molar-refractivity contribution in [1.82, 2.24) is 5.32 Å². The number of nitrogens with one attached hydrogen (secondary N) is 1. The molecule has 1 aliphatic rings. The van der Waals surface area contributed by atoms with Crippen molar-refractivity contribution in [2.24, 2.45) is 0 Å². The van der Waals surface area contributed by atoms with E-state index in [2.05, 4.69) is 12.2 Å². The highest BCUT2D eigenvalue weighted by molar-refractivity contribution is 8.00. The molecule has 120 valence electrons. The van der Waals surface area contributed by atoms with E-state index in [0.717, 1.165) is 17.0 Å². The van der Waals surface area contributed by atoms with Crippen molar-refractivity contribution in [2.75, 3.05) is 11.4 Å². The van der Waals surface area contributed by atoms with Crippen LogP contribution in [0.25, 0.3) is 0 Å². The minimum Gasteiger partial charge on any atom is -0.354 e. The van der Waals surface area contributed by atoms with Gasteiger partial charge < -0.3 is 10.2 Å². The summed E-state index contributed by atoms with van der Waals surface area (Å²) >= 11 is 1.80. The smallest absolute Gasteiger partial charge is 0.227 e. The van der Waals surface area contributed by atoms with Crippen molar-refractivity contribution in [1.29, 1.82) is 0 Å². The van der Waals surface area contributed by atoms with Gasteiger partial charge in [-0.05, 0) is 25.5 Å². The van der Waals surface area contributed by atoms with E-state index in [9.17, 15) is 9.59 Å². The number of thioether (sulfide) groups is 1. The Bertz CT molecular complexity index is 547. The molecule has 0 radical (unpaired) electrons. The number of hydrogen-bond acceptors (Lipinski definition) is 3. The lowest BCUT2D eigenvalue weighted by molar-refractivity contribution is -0.125. The summed E-state index contributed by atoms with van der Waals surface area (Å²) in [5.74, 6) is -0.0191. The van der Waals surface area contributed by atoms with Gasteiger partial charge in [0.1, 0.15) is 0 Å². The van der Waals surface area contributed by atoms with E-state index in [1.54, 1.807) is 11.8 Å². The van der Waals surface area contributed by atoms with Gasteiger partial charge in [-0.2, -0.15) is 0 Å². The van der Waals surface area contributed by atoms with Crippen LogP contribution in [0.3, 0.4) is 0 Å². The van der Waals surface area contributed by atoms with Crippen LogP contribution in [-0.2, 0) is 9.59 Å². The molecule has 0 fully saturated rings. The molecule has 5 heteroatoms. The number of amides is 2. The van der Waals surface area contributed by atoms with Crippen LogP contribution in [0, 0.1) is 0 Å². The zero-order chi connectivity index (χ0) is 16.1. The fourth-order valence-electron chi connectivity index (χ4n) is 2.43. The van der Waals surface area contributed by atoms with Gasteiger partial charge in [-0.25, -0.2) is 0 Å². The van der Waals surface area contributed by atoms with E-state index in [1.807, 2.05) is 43.0 Å². The third-order valence-electron chi connectivity index (χ3n) is 3.81. The van der Waals surface area contributed by atoms with Crippen molar-refractivity contribution in [3.05, 3.63) is 24.3 Å². The van der Waals surface area contributed by atoms with Gasteiger partial charge in [-0.3, -0.25) is 9.59 Å². The number of rotatable bonds is 5. The Morgan fingerprint density at radius 3 is 2.82 bits per heavy atom. The Hall–Kier alpha value is -1.49. The van der Waals surface area contributed by atoms with Crippen molar-refractivity contribution in [3.8, 4) is 0 Å². The average molecular weight is 320 g/mol. The van der Waals surface area contributed by atoms with Crippen LogP contribution in [0.2, 0.25) is 0 Å². The molecule has 0 saturated heterocycles. The zero-order valence-electron chi connectivity index (χ0n) is 13.5. The van der Waals surface area contributed by atoms with Gasteiger partial charge in [0.05, 0.1) is 5.69 Å². The average Bonchev–Trinajstić information content (AvgIpc) is 2.51. The van der Waals surface area contributed by atoms with Crippen molar-refractivity contribution >= 4 is 29.3 Å². The van der Waals surface area contributed by atoms with E-state index in [4.69, 9.17) is 0 Å². The van der Waals surface area contributed by atoms with Gasteiger partial charge in [-0.15, -0.1) is 11.8 Å². The maximum absolute atomic E-state index is 12.5. The fraction of sp³-hybridized carbons (Fsp3) is 0.529. The number of hydrogen-bond donors (Lipinski definition) is 1. The standard InChI is InChI=1S/C17H24N2O2S/c1-4-12(2)18-16(20)9-10-17(21)19-11-13(3)22-15-8-6-5-7-14(15)19/h5-8,12-13H,4,9-11H2,1-3H3,(H,18,20)/t12-,13+/m0/s1. The van der Waals surface area contributed by atoms with Gasteiger partial charge in [0.2, 0.25) is 11.8 Å². The first kappa shape index (κ1) is 16.9. The van der Waals surface area contributed by atoms with Gasteiger partial charge >= 0.3 is 0 Å². The van der Waals surface area contributed by atoms with Crippen LogP contribution in [-0.4, -0.2) is 29.7 Å². The molecule has 0 unspecified atom stereocenters. The lowest BCUT2D eigenvalue weighted by Crippen LogP contribution is -2.39. The Morgan fingerprint density at radius 1 is 1.36 bits per heavy atom. The molecule has 1 aromatic carbocycles. The molecule has 4 nitrogen and oxygen atoms in total. The first-order valence-electron chi connectivity index (χ1n) is 7.86. The van der Waals surface area contributed by atoms with Gasteiger partial charge in [-0.1, -0.05) is 26.0 Å². The molecular formula is C17H24N2O2S. The Balaban J connectivity index is 1.97. The van der Waals surface area contributed by atoms with Crippen molar-refractivity contribution in [3.63, 3.8) is 0 Å². The van der Waals surface area contributed by atoms with Crippen LogP contribution in [0.15, 0.2) is 29.2 Å². The molecule has 0 aromatic heterocycles. The Labute approximate surface area is 136 Å². The van der Waals surface area contributed by atoms with Crippen LogP contribution in [0.5, 0.6) is 0 Å². The molecule has 0 saturated carbocycles. The molecule has 0 spiro atoms. The number of carbonyl (C=O) groups is 2. The molecule has 1 aliphatic heterocycles. The molecule has 22 heavy (non-hydrogen) atoms. The van der Waals surface area contributed by atoms with Crippen LogP contribution < -0.4 is 10.2 Å². The normalized spacial score (nSPS) is 18.5. The molecule has 1 aromatic rings. The summed E-state index contributed by atoms with van der Waals surface area (Å²) in [6, 6.07) is 8.13. The molecular weight excluding hydrogens is 296 g/mol. The first-order valence-corrected chi connectivity index (χ1v) is 8.74. The van der Waals surface area contributed by atoms with E-state index in [0.29, 0.717) is 11.8 Å². The molecule has 1 N–H and O–H groups in total. The predicted molar refractivity (Wildman–Crippen MR) is 91.2 cm³/mol. The number of benzene rings is 1. The van der Waals surface area contributed by atoms with Crippen LogP contribution in [0.4, 0.5) is 5.69 Å². The summed E-state index contributed by atoms with van der Waals surface area (Å²) in [6.45, 7) is 6.82. The van der Waals surface area contributed by atoms with E-state index >= 15 is 0 Å². The largest absolute Gasteiger partial charge is 0.354 e. The second kappa shape index (κ2) is 7.68. The summed E-state index contributed by atoms with van der Waals surface area (Å²) in [4.78, 5) is 27.3. The zero-order valence-corrected chi connectivity index (χ0v) is 14.3. The fourth-order valence-corrected chi connectivity index (χ4v) is 3.54. The van der Waals surface area contributed by atoms with Gasteiger partial charge in [0.15, 0.2) is 0 Å². The summed E-state index contributed by atoms with van der Waals surface area (Å²) < 4.78 is 0. The second-order valence-corrected chi connectivity index (χ2v) is 7.26. The molecule has 2 amide bonds. The number of nitrogens with zero attached hydrogens (tertiary/aromatic N) is 1. The molecule has 2 atom stereocenters. The monoisotopic (exact) mass is 320 g/mol. The van der Waals surface area contributed by atoms with E-state index in [1.165, 1.54) is 0 Å². The Kier molecular flexibility index (Phi) is 5.89. The first-order chi connectivity index (χ1) is 10.5. The molecule has 2 rings (SSSR count). The summed E-state index contributed by atoms with van der Waals surface area (Å²) in [6.07, 6.45) is 1.41. The van der Waals surface area contributed by atoms with Crippen molar-refractivity contribution in [2.45, 2.75) is 56.2 Å². The number of anilines is 1. The van der Waals surface area contributed by atoms with Gasteiger partial charge in [0, 0.05) is 35.6 Å². The summed E-state index contributed by atoms with van der Waals surface area (Å²) in [7, 11) is 0. The SMILES string of the molecule is CC[C@H](C)NC(=O)CCC(=O)N1C[C@@H](C)Sc2ccccc21. The number of para-hydroxylation sites is 1. The van der Waals surface area contributed by atoms with Crippen molar-refractivity contribution < 1.29 is 9.59 Å². The van der Waals surface area contributed by atoms with E-state index < -0.39 is 0 Å². The highest BCUT2D eigenvalue weighted by Gasteiger charge is 2.26. The van der Waals surface area contributed by atoms with Gasteiger partial charge in [0.25, 0.3) is 0 Å². The van der Waals surface area contributed by atoms with E-state index in [-0.39, 0.29) is 30.7 Å². The minimum atomic E-state index is -0.0459. The highest BCUT2D eigenvalue weighted by atomic mass is 32.2. The third kappa shape index (κ3) is 4.26. The summed E-state index contributed by atoms with van der Waals surface area (Å²) in [5, 5.41) is 3.27. The maximum atomic E-state index is 12.5.